The van der Waals surface area contributed by atoms with Crippen LogP contribution in [0.1, 0.15) is 32.6 Å². The lowest BCUT2D eigenvalue weighted by Gasteiger charge is -2.33. The van der Waals surface area contributed by atoms with Crippen LogP contribution >= 0.6 is 0 Å². The lowest BCUT2D eigenvalue weighted by Crippen LogP contribution is -2.47. The Morgan fingerprint density at radius 2 is 2.06 bits per heavy atom. The van der Waals surface area contributed by atoms with E-state index in [1.807, 2.05) is 0 Å². The van der Waals surface area contributed by atoms with E-state index in [1.165, 1.54) is 25.7 Å². The van der Waals surface area contributed by atoms with E-state index in [0.717, 1.165) is 6.54 Å². The molecule has 0 radical (unpaired) electrons. The zero-order chi connectivity index (χ0) is 12.4. The van der Waals surface area contributed by atoms with Crippen molar-refractivity contribution in [2.45, 2.75) is 44.8 Å². The SMILES string of the molecule is CC(CN1C(=O)CNC1C1CCCC1)N(C)C. The van der Waals surface area contributed by atoms with Crippen molar-refractivity contribution in [3.05, 3.63) is 0 Å². The van der Waals surface area contributed by atoms with Crippen molar-refractivity contribution in [2.75, 3.05) is 27.2 Å². The highest BCUT2D eigenvalue weighted by molar-refractivity contribution is 5.80. The first-order valence-electron chi connectivity index (χ1n) is 6.79. The molecule has 0 bridgehead atoms. The molecule has 2 rings (SSSR count). The molecule has 0 aromatic heterocycles. The second-order valence-corrected chi connectivity index (χ2v) is 5.73. The number of hydrogen-bond donors (Lipinski definition) is 1. The molecule has 17 heavy (non-hydrogen) atoms. The first kappa shape index (κ1) is 12.8. The van der Waals surface area contributed by atoms with E-state index in [-0.39, 0.29) is 5.91 Å². The molecule has 98 valence electrons. The van der Waals surface area contributed by atoms with Crippen molar-refractivity contribution in [3.63, 3.8) is 0 Å². The number of carbonyl (C=O) groups is 1. The zero-order valence-corrected chi connectivity index (χ0v) is 11.3. The van der Waals surface area contributed by atoms with Gasteiger partial charge in [-0.25, -0.2) is 0 Å². The summed E-state index contributed by atoms with van der Waals surface area (Å²) in [6, 6.07) is 0.419. The van der Waals surface area contributed by atoms with Crippen molar-refractivity contribution in [1.82, 2.24) is 15.1 Å². The van der Waals surface area contributed by atoms with Gasteiger partial charge in [0.05, 0.1) is 12.7 Å². The Morgan fingerprint density at radius 3 is 2.65 bits per heavy atom. The van der Waals surface area contributed by atoms with Crippen molar-refractivity contribution in [1.29, 1.82) is 0 Å². The van der Waals surface area contributed by atoms with Crippen molar-refractivity contribution in [2.24, 2.45) is 5.92 Å². The summed E-state index contributed by atoms with van der Waals surface area (Å²) in [6.45, 7) is 3.55. The van der Waals surface area contributed by atoms with Crippen molar-refractivity contribution >= 4 is 5.91 Å². The molecule has 1 saturated carbocycles. The van der Waals surface area contributed by atoms with Crippen LogP contribution in [0.5, 0.6) is 0 Å². The Hall–Kier alpha value is -0.610. The summed E-state index contributed by atoms with van der Waals surface area (Å²) in [5.74, 6) is 0.950. The molecule has 2 aliphatic rings. The third-order valence-corrected chi connectivity index (χ3v) is 4.31. The minimum absolute atomic E-state index is 0.274. The van der Waals surface area contributed by atoms with Gasteiger partial charge in [-0.05, 0) is 39.8 Å². The highest BCUT2D eigenvalue weighted by Crippen LogP contribution is 2.30. The van der Waals surface area contributed by atoms with Gasteiger partial charge in [-0.15, -0.1) is 0 Å². The van der Waals surface area contributed by atoms with Crippen LogP contribution in [-0.2, 0) is 4.79 Å². The number of hydrogen-bond acceptors (Lipinski definition) is 3. The summed E-state index contributed by atoms with van der Waals surface area (Å²) in [5.41, 5.74) is 0. The molecule has 2 atom stereocenters. The Bertz CT molecular complexity index is 274. The van der Waals surface area contributed by atoms with Gasteiger partial charge in [-0.3, -0.25) is 10.1 Å². The number of carbonyl (C=O) groups excluding carboxylic acids is 1. The summed E-state index contributed by atoms with van der Waals surface area (Å²) < 4.78 is 0. The minimum Gasteiger partial charge on any atom is -0.324 e. The van der Waals surface area contributed by atoms with E-state index in [4.69, 9.17) is 0 Å². The van der Waals surface area contributed by atoms with Gasteiger partial charge in [0, 0.05) is 12.6 Å². The highest BCUT2D eigenvalue weighted by atomic mass is 16.2. The number of nitrogens with zero attached hydrogens (tertiary/aromatic N) is 2. The molecule has 2 fully saturated rings. The van der Waals surface area contributed by atoms with Crippen LogP contribution in [0.4, 0.5) is 0 Å². The van der Waals surface area contributed by atoms with Gasteiger partial charge < -0.3 is 9.80 Å². The van der Waals surface area contributed by atoms with E-state index in [0.29, 0.717) is 24.7 Å². The first-order chi connectivity index (χ1) is 8.09. The summed E-state index contributed by atoms with van der Waals surface area (Å²) in [6.07, 6.45) is 5.50. The van der Waals surface area contributed by atoms with Crippen LogP contribution in [0, 0.1) is 5.92 Å². The van der Waals surface area contributed by atoms with E-state index in [1.54, 1.807) is 0 Å². The predicted octanol–water partition coefficient (Wildman–Crippen LogP) is 0.885. The topological polar surface area (TPSA) is 35.6 Å². The van der Waals surface area contributed by atoms with Crippen molar-refractivity contribution < 1.29 is 4.79 Å². The molecule has 1 aliphatic heterocycles. The second-order valence-electron chi connectivity index (χ2n) is 5.73. The third-order valence-electron chi connectivity index (χ3n) is 4.31. The van der Waals surface area contributed by atoms with Gasteiger partial charge in [0.15, 0.2) is 0 Å². The molecule has 2 unspecified atom stereocenters. The molecule has 1 saturated heterocycles. The van der Waals surface area contributed by atoms with Crippen LogP contribution < -0.4 is 5.32 Å². The van der Waals surface area contributed by atoms with Crippen LogP contribution in [0.2, 0.25) is 0 Å². The molecule has 1 amide bonds. The monoisotopic (exact) mass is 239 g/mol. The van der Waals surface area contributed by atoms with Crippen LogP contribution in [-0.4, -0.2) is 55.1 Å². The van der Waals surface area contributed by atoms with Gasteiger partial charge >= 0.3 is 0 Å². The van der Waals surface area contributed by atoms with Crippen LogP contribution in [0.15, 0.2) is 0 Å². The molecule has 0 aromatic rings. The smallest absolute Gasteiger partial charge is 0.237 e. The molecule has 1 heterocycles. The summed E-state index contributed by atoms with van der Waals surface area (Å²) in [4.78, 5) is 16.2. The maximum Gasteiger partial charge on any atom is 0.237 e. The predicted molar refractivity (Wildman–Crippen MR) is 68.6 cm³/mol. The average molecular weight is 239 g/mol. The van der Waals surface area contributed by atoms with Gasteiger partial charge in [0.2, 0.25) is 5.91 Å². The molecule has 1 N–H and O–H groups in total. The Balaban J connectivity index is 1.98. The molecule has 4 heteroatoms. The zero-order valence-electron chi connectivity index (χ0n) is 11.3. The summed E-state index contributed by atoms with van der Waals surface area (Å²) in [5, 5.41) is 3.40. The second kappa shape index (κ2) is 5.36. The lowest BCUT2D eigenvalue weighted by molar-refractivity contribution is -0.129. The van der Waals surface area contributed by atoms with Gasteiger partial charge in [0.25, 0.3) is 0 Å². The molecular formula is C13H25N3O. The van der Waals surface area contributed by atoms with E-state index < -0.39 is 0 Å². The Labute approximate surface area is 104 Å². The number of rotatable bonds is 4. The Kier molecular flexibility index (Phi) is 4.05. The molecular weight excluding hydrogens is 214 g/mol. The fraction of sp³-hybridized carbons (Fsp3) is 0.923. The molecule has 0 aromatic carbocycles. The van der Waals surface area contributed by atoms with Gasteiger partial charge in [-0.1, -0.05) is 12.8 Å². The fourth-order valence-electron chi connectivity index (χ4n) is 2.92. The van der Waals surface area contributed by atoms with Gasteiger partial charge in [-0.2, -0.15) is 0 Å². The number of amides is 1. The summed E-state index contributed by atoms with van der Waals surface area (Å²) in [7, 11) is 4.15. The molecule has 1 aliphatic carbocycles. The largest absolute Gasteiger partial charge is 0.324 e. The molecule has 0 spiro atoms. The lowest BCUT2D eigenvalue weighted by atomic mass is 10.0. The minimum atomic E-state index is 0.274. The van der Waals surface area contributed by atoms with Gasteiger partial charge in [0.1, 0.15) is 0 Å². The maximum atomic E-state index is 11.9. The number of nitrogens with one attached hydrogen (secondary N) is 1. The number of likely N-dealkylation sites (N-methyl/N-ethyl adjacent to an activating group) is 1. The maximum absolute atomic E-state index is 11.9. The molecule has 4 nitrogen and oxygen atoms in total. The standard InChI is InChI=1S/C13H25N3O/c1-10(15(2)3)9-16-12(17)8-14-13(16)11-6-4-5-7-11/h10-11,13-14H,4-9H2,1-3H3. The fourth-order valence-corrected chi connectivity index (χ4v) is 2.92. The van der Waals surface area contributed by atoms with E-state index in [2.05, 4.69) is 36.1 Å². The van der Waals surface area contributed by atoms with Crippen LogP contribution in [0.3, 0.4) is 0 Å². The quantitative estimate of drug-likeness (QED) is 0.791. The Morgan fingerprint density at radius 1 is 1.41 bits per heavy atom. The highest BCUT2D eigenvalue weighted by Gasteiger charge is 2.37. The van der Waals surface area contributed by atoms with Crippen molar-refractivity contribution in [3.8, 4) is 0 Å². The van der Waals surface area contributed by atoms with E-state index >= 15 is 0 Å². The average Bonchev–Trinajstić information content (AvgIpc) is 2.89. The normalized spacial score (nSPS) is 28.4. The van der Waals surface area contributed by atoms with Crippen LogP contribution in [0.25, 0.3) is 0 Å². The first-order valence-corrected chi connectivity index (χ1v) is 6.79. The third kappa shape index (κ3) is 2.80. The summed E-state index contributed by atoms with van der Waals surface area (Å²) >= 11 is 0. The van der Waals surface area contributed by atoms with E-state index in [9.17, 15) is 4.79 Å².